The number of sulfonamides is 1. The number of ether oxygens (including phenoxy) is 1. The molecule has 2 heterocycles. The van der Waals surface area contributed by atoms with Gasteiger partial charge in [0.1, 0.15) is 5.69 Å². The zero-order valence-electron chi connectivity index (χ0n) is 14.8. The summed E-state index contributed by atoms with van der Waals surface area (Å²) in [6.45, 7) is 3.37. The molecule has 0 atom stereocenters. The van der Waals surface area contributed by atoms with Gasteiger partial charge in [-0.2, -0.15) is 10.1 Å². The van der Waals surface area contributed by atoms with E-state index in [1.54, 1.807) is 19.2 Å². The summed E-state index contributed by atoms with van der Waals surface area (Å²) in [5.41, 5.74) is 1.11. The highest BCUT2D eigenvalue weighted by atomic mass is 32.2. The van der Waals surface area contributed by atoms with E-state index in [-0.39, 0.29) is 4.90 Å². The number of hydrogen-bond donors (Lipinski definition) is 1. The first kappa shape index (κ1) is 19.4. The van der Waals surface area contributed by atoms with Gasteiger partial charge in [-0.05, 0) is 31.2 Å². The minimum absolute atomic E-state index is 0.0118. The first-order valence-corrected chi connectivity index (χ1v) is 10.5. The molecule has 0 aliphatic heterocycles. The van der Waals surface area contributed by atoms with Gasteiger partial charge in [-0.25, -0.2) is 13.6 Å². The monoisotopic (exact) mass is 409 g/mol. The number of aryl methyl sites for hydroxylation is 1. The number of amides is 1. The van der Waals surface area contributed by atoms with Crippen LogP contribution in [0.5, 0.6) is 0 Å². The molecule has 0 unspecified atom stereocenters. The van der Waals surface area contributed by atoms with E-state index in [1.165, 1.54) is 34.3 Å². The lowest BCUT2D eigenvalue weighted by molar-refractivity contribution is 0.0987. The number of nitrogens with zero attached hydrogens (tertiary/aromatic N) is 4. The maximum atomic E-state index is 12.5. The molecule has 0 spiro atoms. The number of hydrogen-bond acceptors (Lipinski definition) is 6. The topological polar surface area (TPSA) is 122 Å². The summed E-state index contributed by atoms with van der Waals surface area (Å²) in [7, 11) is -2.16. The Morgan fingerprint density at radius 3 is 2.78 bits per heavy atom. The summed E-state index contributed by atoms with van der Waals surface area (Å²) in [6, 6.07) is 6.17. The molecule has 0 bridgehead atoms. The Kier molecular flexibility index (Phi) is 5.56. The summed E-state index contributed by atoms with van der Waals surface area (Å²) in [4.78, 5) is 17.2. The molecular weight excluding hydrogens is 390 g/mol. The van der Waals surface area contributed by atoms with E-state index in [4.69, 9.17) is 9.88 Å². The van der Waals surface area contributed by atoms with E-state index in [2.05, 4.69) is 10.1 Å². The average molecular weight is 409 g/mol. The zero-order valence-corrected chi connectivity index (χ0v) is 16.5. The first-order chi connectivity index (χ1) is 12.8. The van der Waals surface area contributed by atoms with E-state index in [0.717, 1.165) is 5.52 Å². The normalized spacial score (nSPS) is 12.8. The molecule has 27 heavy (non-hydrogen) atoms. The summed E-state index contributed by atoms with van der Waals surface area (Å²) >= 11 is 1.21. The van der Waals surface area contributed by atoms with Gasteiger partial charge in [-0.15, -0.1) is 0 Å². The van der Waals surface area contributed by atoms with E-state index in [1.807, 2.05) is 11.5 Å². The fraction of sp³-hybridized carbons (Fsp3) is 0.312. The quantitative estimate of drug-likeness (QED) is 0.605. The Balaban J connectivity index is 2.14. The second kappa shape index (κ2) is 7.72. The third kappa shape index (κ3) is 4.16. The Labute approximate surface area is 159 Å². The highest BCUT2D eigenvalue weighted by Crippen LogP contribution is 2.21. The molecule has 3 aromatic rings. The van der Waals surface area contributed by atoms with Gasteiger partial charge in [0.05, 0.1) is 21.7 Å². The highest BCUT2D eigenvalue weighted by Gasteiger charge is 2.14. The summed E-state index contributed by atoms with van der Waals surface area (Å²) < 4.78 is 32.6. The molecule has 0 aliphatic rings. The van der Waals surface area contributed by atoms with Gasteiger partial charge in [0.2, 0.25) is 10.0 Å². The number of fused-ring (bicyclic) bond motifs is 1. The van der Waals surface area contributed by atoms with Crippen LogP contribution in [0.25, 0.3) is 10.2 Å². The summed E-state index contributed by atoms with van der Waals surface area (Å²) in [5.74, 6) is -0.432. The third-order valence-electron chi connectivity index (χ3n) is 3.88. The van der Waals surface area contributed by atoms with Gasteiger partial charge >= 0.3 is 0 Å². The van der Waals surface area contributed by atoms with E-state index in [0.29, 0.717) is 35.0 Å². The molecular formula is C16H19N5O4S2. The fourth-order valence-corrected chi connectivity index (χ4v) is 4.27. The van der Waals surface area contributed by atoms with Crippen LogP contribution in [0.15, 0.2) is 40.4 Å². The summed E-state index contributed by atoms with van der Waals surface area (Å²) in [6.07, 6.45) is 1.52. The van der Waals surface area contributed by atoms with Crippen LogP contribution in [0.1, 0.15) is 17.4 Å². The third-order valence-corrected chi connectivity index (χ3v) is 5.84. The van der Waals surface area contributed by atoms with Crippen LogP contribution < -0.4 is 9.94 Å². The van der Waals surface area contributed by atoms with Crippen LogP contribution >= 0.6 is 11.3 Å². The van der Waals surface area contributed by atoms with Gasteiger partial charge < -0.3 is 9.30 Å². The molecule has 3 rings (SSSR count). The van der Waals surface area contributed by atoms with Crippen molar-refractivity contribution < 1.29 is 17.9 Å². The Hall–Kier alpha value is -2.34. The first-order valence-electron chi connectivity index (χ1n) is 8.12. The standard InChI is InChI=1S/C16H19N5O4S2/c1-3-25-9-8-21-12-5-4-11(27(17,23)24)10-14(12)26-16(21)19-15(22)13-6-7-18-20(13)2/h4-7,10H,3,8-9H2,1-2H3,(H2,17,23,24). The molecule has 11 heteroatoms. The number of carbonyl (C=O) groups is 1. The van der Waals surface area contributed by atoms with Crippen molar-refractivity contribution in [3.63, 3.8) is 0 Å². The Morgan fingerprint density at radius 2 is 2.15 bits per heavy atom. The lowest BCUT2D eigenvalue weighted by atomic mass is 10.3. The molecule has 0 saturated heterocycles. The van der Waals surface area contributed by atoms with Gasteiger partial charge in [-0.3, -0.25) is 9.48 Å². The van der Waals surface area contributed by atoms with Crippen molar-refractivity contribution in [2.45, 2.75) is 18.4 Å². The number of benzene rings is 1. The lowest BCUT2D eigenvalue weighted by Gasteiger charge is -2.06. The van der Waals surface area contributed by atoms with Crippen LogP contribution in [0, 0.1) is 0 Å². The number of primary sulfonamides is 1. The van der Waals surface area contributed by atoms with Crippen molar-refractivity contribution >= 4 is 37.5 Å². The number of nitrogens with two attached hydrogens (primary N) is 1. The van der Waals surface area contributed by atoms with Gasteiger partial charge in [0.25, 0.3) is 5.91 Å². The molecule has 0 radical (unpaired) electrons. The van der Waals surface area contributed by atoms with Crippen molar-refractivity contribution in [2.75, 3.05) is 13.2 Å². The molecule has 9 nitrogen and oxygen atoms in total. The Bertz CT molecular complexity index is 1160. The van der Waals surface area contributed by atoms with Gasteiger partial charge in [0.15, 0.2) is 4.80 Å². The Morgan fingerprint density at radius 1 is 1.37 bits per heavy atom. The zero-order chi connectivity index (χ0) is 19.6. The van der Waals surface area contributed by atoms with E-state index < -0.39 is 15.9 Å². The average Bonchev–Trinajstić information content (AvgIpc) is 3.17. The SMILES string of the molecule is CCOCCn1c(=NC(=O)c2ccnn2C)sc2cc(S(N)(=O)=O)ccc21. The van der Waals surface area contributed by atoms with Crippen molar-refractivity contribution in [1.82, 2.24) is 14.3 Å². The van der Waals surface area contributed by atoms with Crippen LogP contribution in [0.4, 0.5) is 0 Å². The van der Waals surface area contributed by atoms with E-state index >= 15 is 0 Å². The molecule has 1 aromatic carbocycles. The minimum Gasteiger partial charge on any atom is -0.380 e. The molecule has 1 amide bonds. The van der Waals surface area contributed by atoms with Crippen LogP contribution in [0.3, 0.4) is 0 Å². The molecule has 144 valence electrons. The van der Waals surface area contributed by atoms with Crippen molar-refractivity contribution in [3.8, 4) is 0 Å². The van der Waals surface area contributed by atoms with Crippen LogP contribution in [0.2, 0.25) is 0 Å². The lowest BCUT2D eigenvalue weighted by Crippen LogP contribution is -2.20. The maximum Gasteiger partial charge on any atom is 0.297 e. The molecule has 0 aliphatic carbocycles. The summed E-state index contributed by atoms with van der Waals surface area (Å²) in [5, 5.41) is 9.19. The second-order valence-corrected chi connectivity index (χ2v) is 8.24. The number of rotatable bonds is 6. The predicted molar refractivity (Wildman–Crippen MR) is 101 cm³/mol. The molecule has 2 aromatic heterocycles. The number of aromatic nitrogens is 3. The van der Waals surface area contributed by atoms with Crippen LogP contribution in [-0.2, 0) is 28.4 Å². The van der Waals surface area contributed by atoms with E-state index in [9.17, 15) is 13.2 Å². The van der Waals surface area contributed by atoms with Gasteiger partial charge in [-0.1, -0.05) is 11.3 Å². The van der Waals surface area contributed by atoms with Gasteiger partial charge in [0, 0.05) is 26.4 Å². The minimum atomic E-state index is -3.82. The smallest absolute Gasteiger partial charge is 0.297 e. The molecule has 0 fully saturated rings. The number of thiazole rings is 1. The molecule has 0 saturated carbocycles. The maximum absolute atomic E-state index is 12.5. The highest BCUT2D eigenvalue weighted by molar-refractivity contribution is 7.89. The van der Waals surface area contributed by atoms with Crippen LogP contribution in [-0.4, -0.2) is 41.9 Å². The number of carbonyl (C=O) groups excluding carboxylic acids is 1. The second-order valence-electron chi connectivity index (χ2n) is 5.66. The van der Waals surface area contributed by atoms with Crippen molar-refractivity contribution in [3.05, 3.63) is 41.0 Å². The predicted octanol–water partition coefficient (Wildman–Crippen LogP) is 0.861. The van der Waals surface area contributed by atoms with Crippen molar-refractivity contribution in [1.29, 1.82) is 0 Å². The molecule has 2 N–H and O–H groups in total. The fourth-order valence-electron chi connectivity index (χ4n) is 2.56. The largest absolute Gasteiger partial charge is 0.380 e. The van der Waals surface area contributed by atoms with Crippen molar-refractivity contribution in [2.24, 2.45) is 17.2 Å².